The summed E-state index contributed by atoms with van der Waals surface area (Å²) < 4.78 is 2.29. The van der Waals surface area contributed by atoms with Gasteiger partial charge in [0.25, 0.3) is 0 Å². The lowest BCUT2D eigenvalue weighted by atomic mass is 9.97. The van der Waals surface area contributed by atoms with Crippen LogP contribution in [0.5, 0.6) is 0 Å². The Morgan fingerprint density at radius 3 is 2.53 bits per heavy atom. The third-order valence-electron chi connectivity index (χ3n) is 2.75. The van der Waals surface area contributed by atoms with E-state index in [1.54, 1.807) is 11.3 Å². The second-order valence-corrected chi connectivity index (χ2v) is 7.70. The van der Waals surface area contributed by atoms with Crippen molar-refractivity contribution in [2.75, 3.05) is 0 Å². The van der Waals surface area contributed by atoms with E-state index in [1.807, 2.05) is 25.3 Å². The van der Waals surface area contributed by atoms with E-state index in [0.717, 1.165) is 26.7 Å². The number of aliphatic hydroxyl groups excluding tert-OH is 1. The van der Waals surface area contributed by atoms with E-state index in [2.05, 4.69) is 50.7 Å². The maximum atomic E-state index is 10.4. The molecule has 0 spiro atoms. The molecule has 0 radical (unpaired) electrons. The van der Waals surface area contributed by atoms with Crippen LogP contribution in [0.4, 0.5) is 0 Å². The van der Waals surface area contributed by atoms with Crippen LogP contribution < -0.4 is 0 Å². The fraction of sp³-hybridized carbons (Fsp3) is 0.231. The molecule has 1 atom stereocenters. The van der Waals surface area contributed by atoms with Crippen LogP contribution in [0.2, 0.25) is 0 Å². The van der Waals surface area contributed by atoms with Crippen LogP contribution in [-0.4, -0.2) is 5.11 Å². The number of hydrogen-bond donors (Lipinski definition) is 1. The van der Waals surface area contributed by atoms with Gasteiger partial charge < -0.3 is 5.11 Å². The van der Waals surface area contributed by atoms with Crippen molar-refractivity contribution < 1.29 is 5.11 Å². The van der Waals surface area contributed by atoms with E-state index in [4.69, 9.17) is 0 Å². The normalized spacial score (nSPS) is 12.8. The van der Waals surface area contributed by atoms with Gasteiger partial charge in [-0.15, -0.1) is 11.3 Å². The molecule has 4 heteroatoms. The first kappa shape index (κ1) is 13.5. The first-order valence-electron chi connectivity index (χ1n) is 5.17. The second kappa shape index (κ2) is 5.38. The molecule has 0 aliphatic carbocycles. The number of hydrogen-bond acceptors (Lipinski definition) is 2. The van der Waals surface area contributed by atoms with E-state index in [0.29, 0.717) is 0 Å². The molecule has 90 valence electrons. The van der Waals surface area contributed by atoms with E-state index < -0.39 is 6.10 Å². The summed E-state index contributed by atoms with van der Waals surface area (Å²) in [4.78, 5) is 0. The fourth-order valence-electron chi connectivity index (χ4n) is 1.74. The molecule has 1 aromatic carbocycles. The SMILES string of the molecule is Cc1cc(C(O)c2csc(I)c2)c(C)cc1Br. The summed E-state index contributed by atoms with van der Waals surface area (Å²) in [7, 11) is 0. The Labute approximate surface area is 127 Å². The minimum absolute atomic E-state index is 0.526. The monoisotopic (exact) mass is 422 g/mol. The number of thiophene rings is 1. The largest absolute Gasteiger partial charge is 0.384 e. The first-order chi connectivity index (χ1) is 7.99. The van der Waals surface area contributed by atoms with Gasteiger partial charge in [0, 0.05) is 4.47 Å². The lowest BCUT2D eigenvalue weighted by molar-refractivity contribution is 0.220. The molecule has 0 saturated heterocycles. The van der Waals surface area contributed by atoms with E-state index in [1.165, 1.54) is 2.88 Å². The number of aryl methyl sites for hydroxylation is 2. The van der Waals surface area contributed by atoms with Crippen LogP contribution in [0, 0.1) is 16.7 Å². The standard InChI is InChI=1S/C13H12BrIOS/c1-7-4-11(14)8(2)3-10(7)13(16)9-5-12(15)17-6-9/h3-6,13,16H,1-2H3. The number of aliphatic hydroxyl groups is 1. The zero-order valence-corrected chi connectivity index (χ0v) is 14.1. The van der Waals surface area contributed by atoms with Crippen molar-refractivity contribution in [2.24, 2.45) is 0 Å². The molecule has 17 heavy (non-hydrogen) atoms. The predicted molar refractivity (Wildman–Crippen MR) is 84.7 cm³/mol. The Balaban J connectivity index is 2.43. The van der Waals surface area contributed by atoms with Gasteiger partial charge in [-0.25, -0.2) is 0 Å². The smallest absolute Gasteiger partial charge is 0.105 e. The zero-order valence-electron chi connectivity index (χ0n) is 9.50. The number of rotatable bonds is 2. The molecule has 0 fully saturated rings. The van der Waals surface area contributed by atoms with Gasteiger partial charge in [0.2, 0.25) is 0 Å². The fourth-order valence-corrected chi connectivity index (χ4v) is 3.59. The second-order valence-electron chi connectivity index (χ2n) is 4.04. The van der Waals surface area contributed by atoms with Gasteiger partial charge >= 0.3 is 0 Å². The lowest BCUT2D eigenvalue weighted by Gasteiger charge is -2.14. The predicted octanol–water partition coefficient (Wildman–Crippen LogP) is 4.81. The Hall–Kier alpha value is 0.0900. The first-order valence-corrected chi connectivity index (χ1v) is 7.93. The average Bonchev–Trinajstić information content (AvgIpc) is 2.69. The number of benzene rings is 1. The molecule has 1 heterocycles. The maximum absolute atomic E-state index is 10.4. The van der Waals surface area contributed by atoms with Crippen molar-refractivity contribution >= 4 is 49.9 Å². The summed E-state index contributed by atoms with van der Waals surface area (Å²) in [6.07, 6.45) is -0.526. The van der Waals surface area contributed by atoms with E-state index in [9.17, 15) is 5.11 Å². The summed E-state index contributed by atoms with van der Waals surface area (Å²) in [6, 6.07) is 6.15. The minimum atomic E-state index is -0.526. The third-order valence-corrected chi connectivity index (χ3v) is 5.41. The van der Waals surface area contributed by atoms with Gasteiger partial charge in [-0.2, -0.15) is 0 Å². The van der Waals surface area contributed by atoms with Crippen LogP contribution in [-0.2, 0) is 0 Å². The molecule has 2 rings (SSSR count). The van der Waals surface area contributed by atoms with E-state index >= 15 is 0 Å². The van der Waals surface area contributed by atoms with Gasteiger partial charge in [0.15, 0.2) is 0 Å². The van der Waals surface area contributed by atoms with Crippen LogP contribution in [0.15, 0.2) is 28.1 Å². The lowest BCUT2D eigenvalue weighted by Crippen LogP contribution is -2.01. The molecular weight excluding hydrogens is 411 g/mol. The molecule has 1 unspecified atom stereocenters. The van der Waals surface area contributed by atoms with Gasteiger partial charge in [-0.3, -0.25) is 0 Å². The molecule has 0 amide bonds. The average molecular weight is 423 g/mol. The molecule has 1 N–H and O–H groups in total. The Morgan fingerprint density at radius 2 is 1.94 bits per heavy atom. The van der Waals surface area contributed by atoms with Crippen molar-refractivity contribution in [3.8, 4) is 0 Å². The summed E-state index contributed by atoms with van der Waals surface area (Å²) in [6.45, 7) is 4.07. The van der Waals surface area contributed by atoms with Gasteiger partial charge in [0.05, 0.1) is 2.88 Å². The highest BCUT2D eigenvalue weighted by molar-refractivity contribution is 14.1. The Kier molecular flexibility index (Phi) is 4.28. The summed E-state index contributed by atoms with van der Waals surface area (Å²) >= 11 is 7.44. The summed E-state index contributed by atoms with van der Waals surface area (Å²) in [5.74, 6) is 0. The van der Waals surface area contributed by atoms with Crippen LogP contribution in [0.3, 0.4) is 0 Å². The van der Waals surface area contributed by atoms with Crippen LogP contribution >= 0.6 is 49.9 Å². The maximum Gasteiger partial charge on any atom is 0.105 e. The van der Waals surface area contributed by atoms with Crippen molar-refractivity contribution in [3.63, 3.8) is 0 Å². The highest BCUT2D eigenvalue weighted by atomic mass is 127. The van der Waals surface area contributed by atoms with Crippen molar-refractivity contribution in [3.05, 3.63) is 53.2 Å². The molecule has 1 nitrogen and oxygen atoms in total. The van der Waals surface area contributed by atoms with Gasteiger partial charge in [-0.05, 0) is 76.2 Å². The minimum Gasteiger partial charge on any atom is -0.384 e. The summed E-state index contributed by atoms with van der Waals surface area (Å²) in [5, 5.41) is 12.4. The van der Waals surface area contributed by atoms with Gasteiger partial charge in [0.1, 0.15) is 6.10 Å². The quantitative estimate of drug-likeness (QED) is 0.688. The molecule has 1 aromatic heterocycles. The Morgan fingerprint density at radius 1 is 1.24 bits per heavy atom. The topological polar surface area (TPSA) is 20.2 Å². The van der Waals surface area contributed by atoms with Crippen molar-refractivity contribution in [2.45, 2.75) is 20.0 Å². The van der Waals surface area contributed by atoms with Gasteiger partial charge in [-0.1, -0.05) is 22.0 Å². The summed E-state index contributed by atoms with van der Waals surface area (Å²) in [5.41, 5.74) is 4.22. The third kappa shape index (κ3) is 2.92. The van der Waals surface area contributed by atoms with Crippen LogP contribution in [0.1, 0.15) is 28.4 Å². The molecule has 0 aliphatic heterocycles. The zero-order chi connectivity index (χ0) is 12.6. The molecular formula is C13H12BrIOS. The molecule has 0 saturated carbocycles. The highest BCUT2D eigenvalue weighted by Gasteiger charge is 2.15. The molecule has 2 aromatic rings. The van der Waals surface area contributed by atoms with Crippen molar-refractivity contribution in [1.29, 1.82) is 0 Å². The Bertz CT molecular complexity index is 550. The van der Waals surface area contributed by atoms with Crippen LogP contribution in [0.25, 0.3) is 0 Å². The highest BCUT2D eigenvalue weighted by Crippen LogP contribution is 2.31. The van der Waals surface area contributed by atoms with E-state index in [-0.39, 0.29) is 0 Å². The molecule has 0 bridgehead atoms. The van der Waals surface area contributed by atoms with Crippen molar-refractivity contribution in [1.82, 2.24) is 0 Å². The number of halogens is 2. The molecule has 0 aliphatic rings.